The number of piperazine rings is 1. The molecule has 0 saturated carbocycles. The van der Waals surface area contributed by atoms with Crippen LogP contribution in [0.15, 0.2) is 53.8 Å². The number of rotatable bonds is 9. The van der Waals surface area contributed by atoms with Crippen LogP contribution in [0.5, 0.6) is 5.75 Å². The number of nitrogens with zero attached hydrogens (tertiary/aromatic N) is 6. The summed E-state index contributed by atoms with van der Waals surface area (Å²) >= 11 is 0. The van der Waals surface area contributed by atoms with E-state index in [4.69, 9.17) is 4.74 Å². The Hall–Kier alpha value is -2.14. The lowest BCUT2D eigenvalue weighted by atomic mass is 10.3. The van der Waals surface area contributed by atoms with E-state index in [1.165, 1.54) is 0 Å². The van der Waals surface area contributed by atoms with Gasteiger partial charge in [-0.2, -0.15) is 0 Å². The molecule has 1 aromatic heterocycles. The minimum Gasteiger partial charge on any atom is -0.492 e. The van der Waals surface area contributed by atoms with Gasteiger partial charge < -0.3 is 19.9 Å². The van der Waals surface area contributed by atoms with E-state index < -0.39 is 0 Å². The van der Waals surface area contributed by atoms with Crippen LogP contribution >= 0.6 is 24.0 Å². The van der Waals surface area contributed by atoms with Crippen molar-refractivity contribution < 1.29 is 4.74 Å². The molecule has 0 spiro atoms. The molecule has 2 aromatic rings. The summed E-state index contributed by atoms with van der Waals surface area (Å²) in [4.78, 5) is 19.9. The summed E-state index contributed by atoms with van der Waals surface area (Å²) < 4.78 is 5.77. The van der Waals surface area contributed by atoms with Crippen molar-refractivity contribution in [3.8, 4) is 5.75 Å². The number of hydrogen-bond donors (Lipinski definition) is 1. The van der Waals surface area contributed by atoms with Gasteiger partial charge in [0, 0.05) is 59.2 Å². The van der Waals surface area contributed by atoms with Crippen molar-refractivity contribution >= 4 is 35.9 Å². The number of aromatic nitrogens is 2. The van der Waals surface area contributed by atoms with Crippen molar-refractivity contribution in [1.29, 1.82) is 0 Å². The zero-order valence-corrected chi connectivity index (χ0v) is 20.8. The third kappa shape index (κ3) is 8.48. The van der Waals surface area contributed by atoms with Gasteiger partial charge in [-0.1, -0.05) is 18.2 Å². The van der Waals surface area contributed by atoms with Crippen molar-refractivity contribution in [2.45, 2.75) is 6.42 Å². The number of para-hydroxylation sites is 1. The van der Waals surface area contributed by atoms with Gasteiger partial charge in [0.05, 0.1) is 6.54 Å². The third-order valence-corrected chi connectivity index (χ3v) is 5.15. The monoisotopic (exact) mass is 539 g/mol. The standard InChI is InChI=1S/C22H33N7O.HI/c1-23-21(27(2)18-19-30-20-8-4-3-5-9-20)24-12-7-13-28-14-16-29(17-15-28)22-25-10-6-11-26-22;/h3-6,8-11H,7,12-19H2,1-2H3,(H,23,24);1H. The zero-order valence-electron chi connectivity index (χ0n) is 18.5. The first-order valence-electron chi connectivity index (χ1n) is 10.6. The lowest BCUT2D eigenvalue weighted by molar-refractivity contribution is 0.253. The molecule has 8 nitrogen and oxygen atoms in total. The third-order valence-electron chi connectivity index (χ3n) is 5.15. The molecule has 1 saturated heterocycles. The molecular formula is C22H34IN7O. The smallest absolute Gasteiger partial charge is 0.225 e. The topological polar surface area (TPSA) is 69.1 Å². The number of guanidine groups is 1. The quantitative estimate of drug-likeness (QED) is 0.227. The number of anilines is 1. The Morgan fingerprint density at radius 2 is 1.81 bits per heavy atom. The van der Waals surface area contributed by atoms with Crippen molar-refractivity contribution in [1.82, 2.24) is 25.1 Å². The Labute approximate surface area is 202 Å². The lowest BCUT2D eigenvalue weighted by Crippen LogP contribution is -2.48. The van der Waals surface area contributed by atoms with Gasteiger partial charge in [0.15, 0.2) is 5.96 Å². The average Bonchev–Trinajstić information content (AvgIpc) is 2.81. The molecule has 2 heterocycles. The maximum atomic E-state index is 5.77. The molecule has 1 N–H and O–H groups in total. The predicted molar refractivity (Wildman–Crippen MR) is 137 cm³/mol. The predicted octanol–water partition coefficient (Wildman–Crippen LogP) is 2.19. The molecule has 1 fully saturated rings. The molecule has 0 atom stereocenters. The first kappa shape index (κ1) is 25.1. The van der Waals surface area contributed by atoms with Crippen molar-refractivity contribution in [3.63, 3.8) is 0 Å². The number of halogens is 1. The maximum absolute atomic E-state index is 5.77. The molecule has 170 valence electrons. The zero-order chi connectivity index (χ0) is 21.0. The molecule has 0 amide bonds. The maximum Gasteiger partial charge on any atom is 0.225 e. The molecule has 0 aliphatic carbocycles. The Balaban J connectivity index is 0.00000341. The molecule has 1 aliphatic heterocycles. The summed E-state index contributed by atoms with van der Waals surface area (Å²) in [6.45, 7) is 7.42. The van der Waals surface area contributed by atoms with E-state index >= 15 is 0 Å². The second kappa shape index (κ2) is 14.0. The first-order chi connectivity index (χ1) is 14.8. The summed E-state index contributed by atoms with van der Waals surface area (Å²) in [6, 6.07) is 11.7. The van der Waals surface area contributed by atoms with Crippen molar-refractivity contribution in [3.05, 3.63) is 48.8 Å². The molecule has 9 heteroatoms. The van der Waals surface area contributed by atoms with Crippen LogP contribution in [0.2, 0.25) is 0 Å². The number of ether oxygens (including phenoxy) is 1. The molecule has 31 heavy (non-hydrogen) atoms. The van der Waals surface area contributed by atoms with E-state index in [0.29, 0.717) is 6.61 Å². The first-order valence-corrected chi connectivity index (χ1v) is 10.6. The van der Waals surface area contributed by atoms with Gasteiger partial charge >= 0.3 is 0 Å². The van der Waals surface area contributed by atoms with E-state index in [1.807, 2.05) is 50.5 Å². The van der Waals surface area contributed by atoms with Crippen LogP contribution in [-0.4, -0.2) is 92.2 Å². The molecule has 0 unspecified atom stereocenters. The normalized spacial score (nSPS) is 14.6. The number of likely N-dealkylation sites (N-methyl/N-ethyl adjacent to an activating group) is 1. The van der Waals surface area contributed by atoms with Crippen molar-refractivity contribution in [2.75, 3.05) is 71.4 Å². The van der Waals surface area contributed by atoms with Crippen LogP contribution in [0, 0.1) is 0 Å². The molecule has 1 aliphatic rings. The van der Waals surface area contributed by atoms with Gasteiger partial charge in [-0.05, 0) is 31.2 Å². The molecule has 3 rings (SSSR count). The fourth-order valence-corrected chi connectivity index (χ4v) is 3.44. The van der Waals surface area contributed by atoms with E-state index in [2.05, 4.69) is 35.0 Å². The highest BCUT2D eigenvalue weighted by molar-refractivity contribution is 14.0. The fraction of sp³-hybridized carbons (Fsp3) is 0.500. The van der Waals surface area contributed by atoms with Gasteiger partial charge in [-0.3, -0.25) is 9.89 Å². The van der Waals surface area contributed by atoms with Crippen LogP contribution in [0.25, 0.3) is 0 Å². The lowest BCUT2D eigenvalue weighted by Gasteiger charge is -2.34. The molecular weight excluding hydrogens is 505 g/mol. The Morgan fingerprint density at radius 3 is 2.48 bits per heavy atom. The molecule has 1 aromatic carbocycles. The van der Waals surface area contributed by atoms with E-state index in [1.54, 1.807) is 12.4 Å². The van der Waals surface area contributed by atoms with Gasteiger partial charge in [-0.25, -0.2) is 9.97 Å². The SMILES string of the molecule is CN=C(NCCCN1CCN(c2ncccn2)CC1)N(C)CCOc1ccccc1.I. The number of benzene rings is 1. The minimum atomic E-state index is 0. The van der Waals surface area contributed by atoms with Gasteiger partial charge in [-0.15, -0.1) is 24.0 Å². The van der Waals surface area contributed by atoms with Crippen LogP contribution in [-0.2, 0) is 0 Å². The number of hydrogen-bond acceptors (Lipinski definition) is 6. The van der Waals surface area contributed by atoms with Crippen LogP contribution in [0.3, 0.4) is 0 Å². The summed E-state index contributed by atoms with van der Waals surface area (Å²) in [5, 5.41) is 3.46. The largest absolute Gasteiger partial charge is 0.492 e. The Morgan fingerprint density at radius 1 is 1.10 bits per heavy atom. The molecule has 0 bridgehead atoms. The summed E-state index contributed by atoms with van der Waals surface area (Å²) in [5.41, 5.74) is 0. The summed E-state index contributed by atoms with van der Waals surface area (Å²) in [5.74, 6) is 2.63. The number of aliphatic imine (C=N–C) groups is 1. The Bertz CT molecular complexity index is 755. The van der Waals surface area contributed by atoms with E-state index in [-0.39, 0.29) is 24.0 Å². The number of nitrogens with one attached hydrogen (secondary N) is 1. The van der Waals surface area contributed by atoms with Gasteiger partial charge in [0.25, 0.3) is 0 Å². The summed E-state index contributed by atoms with van der Waals surface area (Å²) in [6.07, 6.45) is 4.69. The minimum absolute atomic E-state index is 0. The highest BCUT2D eigenvalue weighted by Crippen LogP contribution is 2.10. The fourth-order valence-electron chi connectivity index (χ4n) is 3.44. The van der Waals surface area contributed by atoms with Crippen LogP contribution < -0.4 is 15.0 Å². The van der Waals surface area contributed by atoms with Crippen LogP contribution in [0.1, 0.15) is 6.42 Å². The highest BCUT2D eigenvalue weighted by Gasteiger charge is 2.18. The van der Waals surface area contributed by atoms with E-state index in [0.717, 1.165) is 69.9 Å². The highest BCUT2D eigenvalue weighted by atomic mass is 127. The van der Waals surface area contributed by atoms with Gasteiger partial charge in [0.2, 0.25) is 5.95 Å². The summed E-state index contributed by atoms with van der Waals surface area (Å²) in [7, 11) is 3.86. The Kier molecular flexibility index (Phi) is 11.4. The van der Waals surface area contributed by atoms with Crippen molar-refractivity contribution in [2.24, 2.45) is 4.99 Å². The molecule has 0 radical (unpaired) electrons. The van der Waals surface area contributed by atoms with E-state index in [9.17, 15) is 0 Å². The average molecular weight is 539 g/mol. The second-order valence-corrected chi connectivity index (χ2v) is 7.29. The van der Waals surface area contributed by atoms with Gasteiger partial charge in [0.1, 0.15) is 12.4 Å². The second-order valence-electron chi connectivity index (χ2n) is 7.29. The van der Waals surface area contributed by atoms with Crippen LogP contribution in [0.4, 0.5) is 5.95 Å².